The molecule has 94 valence electrons. The fourth-order valence-electron chi connectivity index (χ4n) is 2.64. The lowest BCUT2D eigenvalue weighted by Crippen LogP contribution is -2.43. The van der Waals surface area contributed by atoms with E-state index in [0.717, 1.165) is 25.0 Å². The van der Waals surface area contributed by atoms with E-state index in [0.29, 0.717) is 19.0 Å². The van der Waals surface area contributed by atoms with Gasteiger partial charge in [0, 0.05) is 31.7 Å². The van der Waals surface area contributed by atoms with E-state index in [1.54, 1.807) is 18.6 Å². The third kappa shape index (κ3) is 3.75. The summed E-state index contributed by atoms with van der Waals surface area (Å²) in [4.78, 5) is 8.21. The number of aromatic nitrogens is 2. The lowest BCUT2D eigenvalue weighted by atomic mass is 9.79. The van der Waals surface area contributed by atoms with E-state index >= 15 is 0 Å². The number of hydrogen-bond donors (Lipinski definition) is 2. The van der Waals surface area contributed by atoms with E-state index in [1.807, 2.05) is 0 Å². The quantitative estimate of drug-likeness (QED) is 0.830. The van der Waals surface area contributed by atoms with Gasteiger partial charge < -0.3 is 10.4 Å². The van der Waals surface area contributed by atoms with Crippen molar-refractivity contribution in [2.24, 2.45) is 5.92 Å². The molecule has 0 aliphatic heterocycles. The summed E-state index contributed by atoms with van der Waals surface area (Å²) in [6, 6.07) is 0. The molecule has 4 nitrogen and oxygen atoms in total. The van der Waals surface area contributed by atoms with E-state index in [-0.39, 0.29) is 0 Å². The largest absolute Gasteiger partial charge is 0.389 e. The number of hydrogen-bond acceptors (Lipinski definition) is 4. The van der Waals surface area contributed by atoms with E-state index in [9.17, 15) is 5.11 Å². The lowest BCUT2D eigenvalue weighted by molar-refractivity contribution is -0.0119. The fraction of sp³-hybridized carbons (Fsp3) is 0.692. The van der Waals surface area contributed by atoms with Crippen molar-refractivity contribution in [1.82, 2.24) is 15.3 Å². The van der Waals surface area contributed by atoms with Crippen LogP contribution in [0.2, 0.25) is 0 Å². The van der Waals surface area contributed by atoms with Crippen molar-refractivity contribution >= 4 is 0 Å². The van der Waals surface area contributed by atoms with Crippen molar-refractivity contribution in [2.45, 2.75) is 44.8 Å². The molecule has 0 radical (unpaired) electrons. The Bertz CT molecular complexity index is 344. The van der Waals surface area contributed by atoms with Gasteiger partial charge in [-0.1, -0.05) is 19.8 Å². The first-order valence-corrected chi connectivity index (χ1v) is 6.36. The SMILES string of the molecule is CC1CCCC(O)(CNCc2cnccn2)C1. The maximum Gasteiger partial charge on any atom is 0.0774 e. The Labute approximate surface area is 102 Å². The molecule has 1 aromatic rings. The summed E-state index contributed by atoms with van der Waals surface area (Å²) in [5.41, 5.74) is 0.389. The fourth-order valence-corrected chi connectivity index (χ4v) is 2.64. The zero-order valence-electron chi connectivity index (χ0n) is 10.4. The monoisotopic (exact) mass is 235 g/mol. The highest BCUT2D eigenvalue weighted by Crippen LogP contribution is 2.31. The van der Waals surface area contributed by atoms with Gasteiger partial charge in [-0.05, 0) is 18.8 Å². The second kappa shape index (κ2) is 5.56. The second-order valence-electron chi connectivity index (χ2n) is 5.23. The highest BCUT2D eigenvalue weighted by atomic mass is 16.3. The smallest absolute Gasteiger partial charge is 0.0774 e. The molecule has 0 spiro atoms. The van der Waals surface area contributed by atoms with Crippen LogP contribution in [0.3, 0.4) is 0 Å². The van der Waals surface area contributed by atoms with Gasteiger partial charge in [0.25, 0.3) is 0 Å². The van der Waals surface area contributed by atoms with Gasteiger partial charge in [0.1, 0.15) is 0 Å². The molecule has 1 saturated carbocycles. The Balaban J connectivity index is 1.78. The maximum atomic E-state index is 10.4. The summed E-state index contributed by atoms with van der Waals surface area (Å²) in [6.45, 7) is 3.53. The Morgan fingerprint density at radius 2 is 2.41 bits per heavy atom. The first-order valence-electron chi connectivity index (χ1n) is 6.36. The van der Waals surface area contributed by atoms with Gasteiger partial charge >= 0.3 is 0 Å². The van der Waals surface area contributed by atoms with Crippen LogP contribution in [-0.4, -0.2) is 27.2 Å². The first-order chi connectivity index (χ1) is 8.18. The van der Waals surface area contributed by atoms with Gasteiger partial charge in [0.05, 0.1) is 11.3 Å². The molecule has 1 fully saturated rings. The van der Waals surface area contributed by atoms with Crippen LogP contribution < -0.4 is 5.32 Å². The number of aliphatic hydroxyl groups is 1. The number of nitrogens with zero attached hydrogens (tertiary/aromatic N) is 2. The van der Waals surface area contributed by atoms with Crippen LogP contribution in [0.25, 0.3) is 0 Å². The minimum atomic E-state index is -0.528. The van der Waals surface area contributed by atoms with E-state index < -0.39 is 5.60 Å². The Kier molecular flexibility index (Phi) is 4.07. The van der Waals surface area contributed by atoms with Gasteiger partial charge in [-0.25, -0.2) is 0 Å². The number of rotatable bonds is 4. The van der Waals surface area contributed by atoms with Crippen LogP contribution in [0.15, 0.2) is 18.6 Å². The lowest BCUT2D eigenvalue weighted by Gasteiger charge is -2.35. The van der Waals surface area contributed by atoms with Gasteiger partial charge in [0.2, 0.25) is 0 Å². The van der Waals surface area contributed by atoms with Crippen LogP contribution in [-0.2, 0) is 6.54 Å². The van der Waals surface area contributed by atoms with Crippen molar-refractivity contribution < 1.29 is 5.11 Å². The average molecular weight is 235 g/mol. The van der Waals surface area contributed by atoms with Crippen molar-refractivity contribution in [1.29, 1.82) is 0 Å². The molecule has 1 aromatic heterocycles. The average Bonchev–Trinajstić information content (AvgIpc) is 2.30. The molecule has 2 rings (SSSR count). The zero-order chi connectivity index (χ0) is 12.1. The standard InChI is InChI=1S/C13H21N3O/c1-11-3-2-4-13(17,7-11)10-15-9-12-8-14-5-6-16-12/h5-6,8,11,15,17H,2-4,7,9-10H2,1H3. The molecule has 2 N–H and O–H groups in total. The molecular formula is C13H21N3O. The predicted molar refractivity (Wildman–Crippen MR) is 66.3 cm³/mol. The summed E-state index contributed by atoms with van der Waals surface area (Å²) in [7, 11) is 0. The third-order valence-electron chi connectivity index (χ3n) is 3.44. The van der Waals surface area contributed by atoms with Crippen LogP contribution in [0.5, 0.6) is 0 Å². The minimum absolute atomic E-state index is 0.528. The van der Waals surface area contributed by atoms with Gasteiger partial charge in [-0.3, -0.25) is 9.97 Å². The van der Waals surface area contributed by atoms with Crippen LogP contribution in [0.1, 0.15) is 38.3 Å². The molecule has 1 aliphatic carbocycles. The van der Waals surface area contributed by atoms with Gasteiger partial charge in [-0.15, -0.1) is 0 Å². The maximum absolute atomic E-state index is 10.4. The summed E-state index contributed by atoms with van der Waals surface area (Å²) < 4.78 is 0. The predicted octanol–water partition coefficient (Wildman–Crippen LogP) is 1.51. The summed E-state index contributed by atoms with van der Waals surface area (Å²) in [5.74, 6) is 0.632. The van der Waals surface area contributed by atoms with E-state index in [2.05, 4.69) is 22.2 Å². The first kappa shape index (κ1) is 12.5. The molecule has 0 bridgehead atoms. The van der Waals surface area contributed by atoms with E-state index in [1.165, 1.54) is 6.42 Å². The summed E-state index contributed by atoms with van der Waals surface area (Å²) >= 11 is 0. The molecule has 1 aliphatic rings. The summed E-state index contributed by atoms with van der Waals surface area (Å²) in [6.07, 6.45) is 9.29. The molecule has 0 saturated heterocycles. The zero-order valence-corrected chi connectivity index (χ0v) is 10.4. The Morgan fingerprint density at radius 3 is 3.12 bits per heavy atom. The van der Waals surface area contributed by atoms with Gasteiger partial charge in [0.15, 0.2) is 0 Å². The highest BCUT2D eigenvalue weighted by Gasteiger charge is 2.31. The van der Waals surface area contributed by atoms with Crippen molar-refractivity contribution in [3.05, 3.63) is 24.3 Å². The van der Waals surface area contributed by atoms with Crippen molar-refractivity contribution in [2.75, 3.05) is 6.54 Å². The van der Waals surface area contributed by atoms with Crippen LogP contribution >= 0.6 is 0 Å². The topological polar surface area (TPSA) is 58.0 Å². The van der Waals surface area contributed by atoms with Crippen LogP contribution in [0.4, 0.5) is 0 Å². The molecule has 0 amide bonds. The normalized spacial score (nSPS) is 29.2. The molecule has 4 heteroatoms. The highest BCUT2D eigenvalue weighted by molar-refractivity contribution is 4.95. The molecule has 2 unspecified atom stereocenters. The molecular weight excluding hydrogens is 214 g/mol. The van der Waals surface area contributed by atoms with E-state index in [4.69, 9.17) is 0 Å². The Hall–Kier alpha value is -1.00. The molecule has 2 atom stereocenters. The number of nitrogens with one attached hydrogen (secondary N) is 1. The van der Waals surface area contributed by atoms with Crippen LogP contribution in [0, 0.1) is 5.92 Å². The van der Waals surface area contributed by atoms with Gasteiger partial charge in [-0.2, -0.15) is 0 Å². The summed E-state index contributed by atoms with van der Waals surface area (Å²) in [5, 5.41) is 13.7. The molecule has 17 heavy (non-hydrogen) atoms. The van der Waals surface area contributed by atoms with Crippen molar-refractivity contribution in [3.63, 3.8) is 0 Å². The second-order valence-corrected chi connectivity index (χ2v) is 5.23. The minimum Gasteiger partial charge on any atom is -0.389 e. The third-order valence-corrected chi connectivity index (χ3v) is 3.44. The van der Waals surface area contributed by atoms with Crippen molar-refractivity contribution in [3.8, 4) is 0 Å². The molecule has 1 heterocycles. The molecule has 0 aromatic carbocycles. The Morgan fingerprint density at radius 1 is 1.53 bits per heavy atom.